The van der Waals surface area contributed by atoms with Crippen LogP contribution in [0.25, 0.3) is 87.6 Å². The largest absolute Gasteiger partial charge is 0.456 e. The summed E-state index contributed by atoms with van der Waals surface area (Å²) in [5, 5.41) is -4.93. The third kappa shape index (κ3) is 3.72. The van der Waals surface area contributed by atoms with Crippen LogP contribution in [0.4, 0.5) is 0 Å². The summed E-state index contributed by atoms with van der Waals surface area (Å²) in [5.41, 5.74) is -5.78. The lowest BCUT2D eigenvalue weighted by atomic mass is 9.84. The van der Waals surface area contributed by atoms with E-state index in [-0.39, 0.29) is 0 Å². The SMILES string of the molecule is [2H]c1c([2H])c([2H])c(-c2c([2H])c([2H])c([2H])c(-c3c4c([2H])c([2H])c([2H])c([2H])c4c(-c4c([2H])c([2H])c([2H])c5oc6c([2H])c7c([2H])c([2H])c([2H])c([2H])c7c([2H])c6c45)c4c([2H])c([2H])c([2H])c([2H])c34)c2[2H])c([2H])c1[2H]. The summed E-state index contributed by atoms with van der Waals surface area (Å²) in [4.78, 5) is 0. The van der Waals surface area contributed by atoms with Gasteiger partial charge in [-0.15, -0.1) is 0 Å². The molecule has 1 aromatic heterocycles. The molecule has 9 rings (SSSR count). The first-order chi connectivity index (χ1) is 32.2. The van der Waals surface area contributed by atoms with Crippen LogP contribution in [0.2, 0.25) is 0 Å². The van der Waals surface area contributed by atoms with E-state index in [2.05, 4.69) is 0 Å². The Morgan fingerprint density at radius 2 is 0.930 bits per heavy atom. The first-order valence-corrected chi connectivity index (χ1v) is 12.7. The van der Waals surface area contributed by atoms with Gasteiger partial charge in [-0.3, -0.25) is 0 Å². The van der Waals surface area contributed by atoms with Crippen molar-refractivity contribution in [2.75, 3.05) is 0 Å². The van der Waals surface area contributed by atoms with Crippen LogP contribution >= 0.6 is 0 Å². The molecule has 0 radical (unpaired) electrons. The highest BCUT2D eigenvalue weighted by molar-refractivity contribution is 6.26. The van der Waals surface area contributed by atoms with Crippen molar-refractivity contribution in [3.8, 4) is 33.4 Å². The minimum Gasteiger partial charge on any atom is -0.456 e. The van der Waals surface area contributed by atoms with Gasteiger partial charge in [-0.1, -0.05) is 133 Å². The molecule has 0 aliphatic carbocycles. The predicted molar refractivity (Wildman–Crippen MR) is 183 cm³/mol. The second-order valence-electron chi connectivity index (χ2n) is 9.26. The summed E-state index contributed by atoms with van der Waals surface area (Å²) >= 11 is 0. The van der Waals surface area contributed by atoms with Crippen LogP contribution in [0, 0.1) is 0 Å². The molecule has 0 aliphatic heterocycles. The van der Waals surface area contributed by atoms with E-state index in [9.17, 15) is 11.0 Å². The van der Waals surface area contributed by atoms with Gasteiger partial charge in [0.05, 0.1) is 35.6 Å². The van der Waals surface area contributed by atoms with Crippen molar-refractivity contribution in [2.45, 2.75) is 0 Å². The Labute approximate surface area is 285 Å². The highest BCUT2D eigenvalue weighted by atomic mass is 16.3. The monoisotopic (exact) mass is 572 g/mol. The molecule has 43 heavy (non-hydrogen) atoms. The molecule has 8 aromatic carbocycles. The zero-order chi connectivity index (χ0) is 51.0. The fourth-order valence-electron chi connectivity index (χ4n) is 5.20. The molecule has 0 amide bonds. The van der Waals surface area contributed by atoms with E-state index in [1.165, 1.54) is 0 Å². The van der Waals surface area contributed by atoms with Crippen molar-refractivity contribution in [1.29, 1.82) is 0 Å². The molecule has 0 N–H and O–H groups in total. The molecular weight excluding hydrogens is 520 g/mol. The zero-order valence-corrected chi connectivity index (χ0v) is 21.4. The first kappa shape index (κ1) is 9.69. The summed E-state index contributed by atoms with van der Waals surface area (Å²) < 4.78 is 238. The smallest absolute Gasteiger partial charge is 0.136 e. The topological polar surface area (TPSA) is 13.1 Å². The maximum atomic E-state index is 9.61. The second-order valence-corrected chi connectivity index (χ2v) is 9.26. The Hall–Kier alpha value is -5.66. The van der Waals surface area contributed by atoms with Crippen LogP contribution in [-0.4, -0.2) is 0 Å². The molecule has 9 aromatic rings. The maximum Gasteiger partial charge on any atom is 0.136 e. The number of rotatable bonds is 3. The van der Waals surface area contributed by atoms with Gasteiger partial charge in [-0.25, -0.2) is 0 Å². The molecule has 0 saturated carbocycles. The van der Waals surface area contributed by atoms with Crippen LogP contribution in [0.3, 0.4) is 0 Å². The first-order valence-electron chi connectivity index (χ1n) is 25.7. The summed E-state index contributed by atoms with van der Waals surface area (Å²) in [6, 6.07) is -23.8. The molecule has 0 fully saturated rings. The standard InChI is InChI=1S/C42H26O/c1-2-12-27(13-3-1)28-16-10-17-31(24-28)40-32-18-6-8-20-34(32)41(35-21-9-7-19-33(35)40)36-22-11-23-38-42(36)37-25-29-14-4-5-15-30(29)26-39(37)43-38/h1-26H/i1D,2D,3D,4D,5D,6D,7D,8D,9D,10D,11D,12D,13D,14D,15D,16D,17D,18D,19D,20D,21D,22D,23D,24D,25D,26D. The molecule has 0 spiro atoms. The van der Waals surface area contributed by atoms with Crippen LogP contribution in [-0.2, 0) is 0 Å². The molecule has 1 nitrogen and oxygen atoms in total. The van der Waals surface area contributed by atoms with Gasteiger partial charge in [0.25, 0.3) is 0 Å². The molecule has 1 heteroatoms. The summed E-state index contributed by atoms with van der Waals surface area (Å²) in [6.45, 7) is 0. The molecular formula is C42H26O. The molecule has 0 bridgehead atoms. The highest BCUT2D eigenvalue weighted by Crippen LogP contribution is 2.47. The quantitative estimate of drug-likeness (QED) is 0.192. The van der Waals surface area contributed by atoms with E-state index in [1.807, 2.05) is 0 Å². The highest BCUT2D eigenvalue weighted by Gasteiger charge is 2.20. The van der Waals surface area contributed by atoms with E-state index in [0.717, 1.165) is 0 Å². The zero-order valence-electron chi connectivity index (χ0n) is 47.4. The predicted octanol–water partition coefficient (Wildman–Crippen LogP) is 12.0. The average Bonchev–Trinajstić information content (AvgIpc) is 3.73. The van der Waals surface area contributed by atoms with Crippen LogP contribution in [0.1, 0.15) is 35.6 Å². The van der Waals surface area contributed by atoms with Gasteiger partial charge in [0.1, 0.15) is 11.2 Å². The molecule has 0 saturated heterocycles. The Morgan fingerprint density at radius 1 is 0.372 bits per heavy atom. The van der Waals surface area contributed by atoms with Gasteiger partial charge >= 0.3 is 0 Å². The molecule has 200 valence electrons. The Morgan fingerprint density at radius 3 is 1.65 bits per heavy atom. The Balaban J connectivity index is 1.65. The minimum atomic E-state index is -1.04. The van der Waals surface area contributed by atoms with Crippen molar-refractivity contribution >= 4 is 54.3 Å². The van der Waals surface area contributed by atoms with Crippen molar-refractivity contribution in [3.05, 3.63) is 157 Å². The van der Waals surface area contributed by atoms with E-state index >= 15 is 0 Å². The fraction of sp³-hybridized carbons (Fsp3) is 0. The van der Waals surface area contributed by atoms with Gasteiger partial charge in [0.15, 0.2) is 0 Å². The average molecular weight is 573 g/mol. The lowest BCUT2D eigenvalue weighted by Gasteiger charge is -2.18. The van der Waals surface area contributed by atoms with Crippen LogP contribution in [0.5, 0.6) is 0 Å². The van der Waals surface area contributed by atoms with Crippen LogP contribution in [0.15, 0.2) is 162 Å². The van der Waals surface area contributed by atoms with Gasteiger partial charge in [0.2, 0.25) is 0 Å². The van der Waals surface area contributed by atoms with E-state index in [1.54, 1.807) is 0 Å². The second kappa shape index (κ2) is 9.44. The van der Waals surface area contributed by atoms with Gasteiger partial charge in [-0.05, 0) is 89.9 Å². The number of benzene rings is 8. The molecule has 0 aliphatic rings. The molecule has 0 unspecified atom stereocenters. The van der Waals surface area contributed by atoms with Crippen molar-refractivity contribution < 1.29 is 40.1 Å². The third-order valence-electron chi connectivity index (χ3n) is 6.95. The normalized spacial score (nSPS) is 20.2. The fourth-order valence-corrected chi connectivity index (χ4v) is 5.20. The third-order valence-corrected chi connectivity index (χ3v) is 6.95. The number of hydrogen-bond donors (Lipinski definition) is 0. The van der Waals surface area contributed by atoms with Gasteiger partial charge in [-0.2, -0.15) is 0 Å². The lowest BCUT2D eigenvalue weighted by Crippen LogP contribution is -1.91. The maximum absolute atomic E-state index is 9.61. The lowest BCUT2D eigenvalue weighted by molar-refractivity contribution is 0.669. The molecule has 1 heterocycles. The summed E-state index contributed by atoms with van der Waals surface area (Å²) in [7, 11) is 0. The Bertz CT molecular complexity index is 3860. The number of hydrogen-bond acceptors (Lipinski definition) is 1. The van der Waals surface area contributed by atoms with E-state index in [4.69, 9.17) is 29.1 Å². The van der Waals surface area contributed by atoms with E-state index in [0.29, 0.717) is 0 Å². The number of furan rings is 1. The van der Waals surface area contributed by atoms with Gasteiger partial charge < -0.3 is 4.42 Å². The van der Waals surface area contributed by atoms with Crippen molar-refractivity contribution in [3.63, 3.8) is 0 Å². The van der Waals surface area contributed by atoms with Crippen molar-refractivity contribution in [1.82, 2.24) is 0 Å². The van der Waals surface area contributed by atoms with E-state index < -0.39 is 245 Å². The van der Waals surface area contributed by atoms with Crippen LogP contribution < -0.4 is 0 Å². The minimum absolute atomic E-state index is 0.473. The Kier molecular flexibility index (Phi) is 2.13. The molecule has 0 atom stereocenters. The number of fused-ring (bicyclic) bond motifs is 6. The van der Waals surface area contributed by atoms with Crippen molar-refractivity contribution in [2.24, 2.45) is 0 Å². The van der Waals surface area contributed by atoms with Gasteiger partial charge in [0, 0.05) is 10.8 Å². The summed E-state index contributed by atoms with van der Waals surface area (Å²) in [5.74, 6) is 0. The summed E-state index contributed by atoms with van der Waals surface area (Å²) in [6.07, 6.45) is 0.